The van der Waals surface area contributed by atoms with Gasteiger partial charge in [-0.1, -0.05) is 34.8 Å². The molecule has 7 heteroatoms. The third-order valence-corrected chi connectivity index (χ3v) is 3.72. The molecule has 2 heterocycles. The molecule has 0 aliphatic rings. The summed E-state index contributed by atoms with van der Waals surface area (Å²) < 4.78 is 5.63. The molecule has 2 aromatic heterocycles. The maximum absolute atomic E-state index is 12.3. The Balaban J connectivity index is 1.84. The van der Waals surface area contributed by atoms with E-state index in [-0.39, 0.29) is 5.91 Å². The zero-order chi connectivity index (χ0) is 14.7. The molecule has 1 N–H and O–H groups in total. The van der Waals surface area contributed by atoms with Gasteiger partial charge < -0.3 is 5.32 Å². The predicted octanol–water partition coefficient (Wildman–Crippen LogP) is 2.67. The van der Waals surface area contributed by atoms with Gasteiger partial charge >= 0.3 is 0 Å². The minimum absolute atomic E-state index is 0.302. The van der Waals surface area contributed by atoms with Crippen LogP contribution < -0.4 is 5.32 Å². The quantitative estimate of drug-likeness (QED) is 0.804. The van der Waals surface area contributed by atoms with Crippen LogP contribution in [-0.2, 0) is 6.54 Å². The Morgan fingerprint density at radius 1 is 1.29 bits per heavy atom. The highest BCUT2D eigenvalue weighted by Gasteiger charge is 2.18. The third-order valence-electron chi connectivity index (χ3n) is 2.95. The summed E-state index contributed by atoms with van der Waals surface area (Å²) in [6.07, 6.45) is 1.81. The van der Waals surface area contributed by atoms with Gasteiger partial charge in [-0.05, 0) is 24.0 Å². The average molecular weight is 299 g/mol. The van der Waals surface area contributed by atoms with Crippen LogP contribution >= 0.6 is 11.5 Å². The lowest BCUT2D eigenvalue weighted by molar-refractivity contribution is 0.102. The zero-order valence-electron chi connectivity index (χ0n) is 11.4. The van der Waals surface area contributed by atoms with Gasteiger partial charge in [0.05, 0.1) is 4.88 Å². The van der Waals surface area contributed by atoms with Crippen LogP contribution in [0.25, 0.3) is 10.4 Å². The van der Waals surface area contributed by atoms with Crippen LogP contribution in [-0.4, -0.2) is 25.3 Å². The number of aromatic nitrogens is 4. The van der Waals surface area contributed by atoms with E-state index in [1.165, 1.54) is 11.5 Å². The molecule has 21 heavy (non-hydrogen) atoms. The number of anilines is 1. The summed E-state index contributed by atoms with van der Waals surface area (Å²) in [6, 6.07) is 11.4. The minimum atomic E-state index is -0.302. The van der Waals surface area contributed by atoms with Crippen molar-refractivity contribution in [2.45, 2.75) is 13.5 Å². The van der Waals surface area contributed by atoms with Gasteiger partial charge in [-0.3, -0.25) is 9.48 Å². The summed E-state index contributed by atoms with van der Waals surface area (Å²) in [5, 5.41) is 10.9. The first-order valence-corrected chi connectivity index (χ1v) is 7.28. The number of hydrogen-bond donors (Lipinski definition) is 1. The Hall–Kier alpha value is -2.54. The molecule has 6 nitrogen and oxygen atoms in total. The van der Waals surface area contributed by atoms with Gasteiger partial charge in [-0.15, -0.1) is 5.10 Å². The van der Waals surface area contributed by atoms with Crippen molar-refractivity contribution in [3.8, 4) is 10.4 Å². The summed E-state index contributed by atoms with van der Waals surface area (Å²) in [7, 11) is 0. The van der Waals surface area contributed by atoms with Crippen LogP contribution in [0.1, 0.15) is 17.4 Å². The third kappa shape index (κ3) is 2.82. The number of rotatable bonds is 4. The molecule has 0 unspecified atom stereocenters. The second-order valence-corrected chi connectivity index (χ2v) is 5.08. The Morgan fingerprint density at radius 3 is 2.81 bits per heavy atom. The molecule has 3 aromatic rings. The van der Waals surface area contributed by atoms with Gasteiger partial charge in [-0.25, -0.2) is 0 Å². The van der Waals surface area contributed by atoms with Crippen molar-refractivity contribution < 1.29 is 4.79 Å². The van der Waals surface area contributed by atoms with Crippen molar-refractivity contribution in [1.82, 2.24) is 19.4 Å². The van der Waals surface area contributed by atoms with Crippen LogP contribution in [0.4, 0.5) is 5.82 Å². The van der Waals surface area contributed by atoms with Crippen molar-refractivity contribution in [2.24, 2.45) is 0 Å². The summed E-state index contributed by atoms with van der Waals surface area (Å²) in [6.45, 7) is 2.74. The highest BCUT2D eigenvalue weighted by Crippen LogP contribution is 2.26. The monoisotopic (exact) mass is 299 g/mol. The molecule has 0 radical (unpaired) electrons. The average Bonchev–Trinajstić information content (AvgIpc) is 3.17. The number of carbonyl (C=O) groups excluding carboxylic acids is 1. The van der Waals surface area contributed by atoms with Crippen molar-refractivity contribution in [2.75, 3.05) is 5.32 Å². The highest BCUT2D eigenvalue weighted by molar-refractivity contribution is 7.09. The van der Waals surface area contributed by atoms with E-state index < -0.39 is 0 Å². The Morgan fingerprint density at radius 2 is 2.10 bits per heavy atom. The van der Waals surface area contributed by atoms with E-state index >= 15 is 0 Å². The van der Waals surface area contributed by atoms with Gasteiger partial charge in [0.15, 0.2) is 11.5 Å². The Kier molecular flexibility index (Phi) is 3.74. The lowest BCUT2D eigenvalue weighted by Gasteiger charge is -2.02. The Labute approximate surface area is 125 Å². The summed E-state index contributed by atoms with van der Waals surface area (Å²) in [5.74, 6) is 0.206. The van der Waals surface area contributed by atoms with Gasteiger partial charge in [0.25, 0.3) is 5.91 Å². The number of amides is 1. The number of hydrogen-bond acceptors (Lipinski definition) is 5. The second-order valence-electron chi connectivity index (χ2n) is 4.33. The van der Waals surface area contributed by atoms with E-state index in [0.29, 0.717) is 11.5 Å². The van der Waals surface area contributed by atoms with E-state index in [2.05, 4.69) is 20.0 Å². The molecule has 1 amide bonds. The molecule has 1 aromatic carbocycles. The van der Waals surface area contributed by atoms with Crippen LogP contribution in [0.15, 0.2) is 42.6 Å². The lowest BCUT2D eigenvalue weighted by Crippen LogP contribution is -2.14. The fourth-order valence-electron chi connectivity index (χ4n) is 1.90. The first-order chi connectivity index (χ1) is 10.3. The number of nitrogens with one attached hydrogen (secondary N) is 1. The normalized spacial score (nSPS) is 10.5. The molecule has 0 aliphatic carbocycles. The molecule has 0 fully saturated rings. The molecule has 106 valence electrons. The standard InChI is InChI=1S/C14H13N5OS/c1-2-19-9-8-11(17-19)15-14(20)12-13(21-18-16-12)10-6-4-3-5-7-10/h3-9H,2H2,1H3,(H,15,17,20). The first kappa shape index (κ1) is 13.4. The van der Waals surface area contributed by atoms with Crippen LogP contribution in [0.2, 0.25) is 0 Å². The number of benzene rings is 1. The predicted molar refractivity (Wildman–Crippen MR) is 81.2 cm³/mol. The van der Waals surface area contributed by atoms with Gasteiger partial charge in [0.1, 0.15) is 0 Å². The highest BCUT2D eigenvalue weighted by atomic mass is 32.1. The van der Waals surface area contributed by atoms with Gasteiger partial charge in [-0.2, -0.15) is 5.10 Å². The van der Waals surface area contributed by atoms with Crippen molar-refractivity contribution >= 4 is 23.3 Å². The summed E-state index contributed by atoms with van der Waals surface area (Å²) >= 11 is 1.20. The molecule has 0 bridgehead atoms. The molecule has 0 atom stereocenters. The molecule has 0 saturated heterocycles. The minimum Gasteiger partial charge on any atom is -0.304 e. The van der Waals surface area contributed by atoms with Gasteiger partial charge in [0, 0.05) is 18.8 Å². The SMILES string of the molecule is CCn1ccc(NC(=O)c2nnsc2-c2ccccc2)n1. The topological polar surface area (TPSA) is 72.7 Å². The Bertz CT molecular complexity index is 750. The molecular weight excluding hydrogens is 286 g/mol. The van der Waals surface area contributed by atoms with Gasteiger partial charge in [0.2, 0.25) is 0 Å². The molecule has 0 saturated carbocycles. The van der Waals surface area contributed by atoms with E-state index in [1.54, 1.807) is 10.7 Å². The first-order valence-electron chi connectivity index (χ1n) is 6.50. The van der Waals surface area contributed by atoms with Crippen LogP contribution in [0.5, 0.6) is 0 Å². The molecular formula is C14H13N5OS. The van der Waals surface area contributed by atoms with E-state index in [0.717, 1.165) is 17.0 Å². The van der Waals surface area contributed by atoms with Crippen LogP contribution in [0.3, 0.4) is 0 Å². The fraction of sp³-hybridized carbons (Fsp3) is 0.143. The number of nitrogens with zero attached hydrogens (tertiary/aromatic N) is 4. The zero-order valence-corrected chi connectivity index (χ0v) is 12.2. The number of aryl methyl sites for hydroxylation is 1. The van der Waals surface area contributed by atoms with E-state index in [9.17, 15) is 4.79 Å². The molecule has 0 aliphatic heterocycles. The number of carbonyl (C=O) groups is 1. The van der Waals surface area contributed by atoms with Crippen molar-refractivity contribution in [3.05, 3.63) is 48.3 Å². The van der Waals surface area contributed by atoms with Crippen molar-refractivity contribution in [3.63, 3.8) is 0 Å². The van der Waals surface area contributed by atoms with E-state index in [4.69, 9.17) is 0 Å². The summed E-state index contributed by atoms with van der Waals surface area (Å²) in [4.78, 5) is 13.1. The fourth-order valence-corrected chi connectivity index (χ4v) is 2.56. The maximum atomic E-state index is 12.3. The molecule has 0 spiro atoms. The maximum Gasteiger partial charge on any atom is 0.278 e. The van der Waals surface area contributed by atoms with Crippen molar-refractivity contribution in [1.29, 1.82) is 0 Å². The van der Waals surface area contributed by atoms with E-state index in [1.807, 2.05) is 43.5 Å². The lowest BCUT2D eigenvalue weighted by atomic mass is 10.1. The smallest absolute Gasteiger partial charge is 0.278 e. The van der Waals surface area contributed by atoms with Crippen LogP contribution in [0, 0.1) is 0 Å². The molecule has 3 rings (SSSR count). The largest absolute Gasteiger partial charge is 0.304 e. The summed E-state index contributed by atoms with van der Waals surface area (Å²) in [5.41, 5.74) is 1.24. The second kappa shape index (κ2) is 5.84.